The first-order valence-electron chi connectivity index (χ1n) is 7.41. The lowest BCUT2D eigenvalue weighted by Crippen LogP contribution is -2.43. The van der Waals surface area contributed by atoms with E-state index in [1.54, 1.807) is 11.9 Å². The van der Waals surface area contributed by atoms with Crippen LogP contribution in [0, 0.1) is 5.92 Å². The zero-order valence-corrected chi connectivity index (χ0v) is 13.2. The maximum Gasteiger partial charge on any atom is 0.239 e. The van der Waals surface area contributed by atoms with Crippen molar-refractivity contribution in [3.8, 4) is 0 Å². The lowest BCUT2D eigenvalue weighted by molar-refractivity contribution is -0.133. The van der Waals surface area contributed by atoms with Crippen LogP contribution in [-0.2, 0) is 4.79 Å². The van der Waals surface area contributed by atoms with Gasteiger partial charge in [-0.3, -0.25) is 4.79 Å². The minimum Gasteiger partial charge on any atom is -0.459 e. The van der Waals surface area contributed by atoms with Crippen LogP contribution in [0.4, 0.5) is 0 Å². The van der Waals surface area contributed by atoms with E-state index in [0.29, 0.717) is 12.3 Å². The van der Waals surface area contributed by atoms with Crippen molar-refractivity contribution in [2.45, 2.75) is 39.3 Å². The van der Waals surface area contributed by atoms with Crippen molar-refractivity contribution in [2.75, 3.05) is 7.05 Å². The Morgan fingerprint density at radius 1 is 1.29 bits per heavy atom. The van der Waals surface area contributed by atoms with Crippen LogP contribution >= 0.6 is 0 Å². The third-order valence-corrected chi connectivity index (χ3v) is 3.83. The van der Waals surface area contributed by atoms with E-state index in [0.717, 1.165) is 16.7 Å². The second kappa shape index (κ2) is 6.31. The Hall–Kier alpha value is -1.81. The molecule has 4 heteroatoms. The number of carbonyl (C=O) groups excluding carboxylic acids is 1. The number of para-hydroxylation sites is 1. The first-order chi connectivity index (χ1) is 9.90. The standard InChI is InChI=1S/C17H24N2O2/c1-11(2)9-14(18)17(20)19(4)12(3)16-10-13-7-5-6-8-15(13)21-16/h5-8,10-12,14H,9,18H2,1-4H3/t12?,14-/m0/s1. The Balaban J connectivity index is 2.14. The topological polar surface area (TPSA) is 59.5 Å². The molecule has 0 saturated carbocycles. The van der Waals surface area contributed by atoms with Crippen LogP contribution in [0.15, 0.2) is 34.7 Å². The molecule has 0 aliphatic heterocycles. The van der Waals surface area contributed by atoms with Gasteiger partial charge in [-0.2, -0.15) is 0 Å². The van der Waals surface area contributed by atoms with Gasteiger partial charge in [0.05, 0.1) is 12.1 Å². The fourth-order valence-corrected chi connectivity index (χ4v) is 2.46. The van der Waals surface area contributed by atoms with Crippen molar-refractivity contribution < 1.29 is 9.21 Å². The monoisotopic (exact) mass is 288 g/mol. The average molecular weight is 288 g/mol. The Kier molecular flexibility index (Phi) is 4.68. The summed E-state index contributed by atoms with van der Waals surface area (Å²) in [5.74, 6) is 1.14. The van der Waals surface area contributed by atoms with Crippen LogP contribution in [0.3, 0.4) is 0 Å². The summed E-state index contributed by atoms with van der Waals surface area (Å²) in [6, 6.07) is 9.23. The predicted molar refractivity (Wildman–Crippen MR) is 84.8 cm³/mol. The summed E-state index contributed by atoms with van der Waals surface area (Å²) in [6.45, 7) is 6.09. The van der Waals surface area contributed by atoms with Crippen molar-refractivity contribution in [2.24, 2.45) is 11.7 Å². The van der Waals surface area contributed by atoms with Crippen molar-refractivity contribution in [1.29, 1.82) is 0 Å². The van der Waals surface area contributed by atoms with Crippen LogP contribution < -0.4 is 5.73 Å². The lowest BCUT2D eigenvalue weighted by Gasteiger charge is -2.26. The number of benzene rings is 1. The molecule has 1 aromatic carbocycles. The molecule has 0 spiro atoms. The molecule has 0 aliphatic carbocycles. The second-order valence-corrected chi connectivity index (χ2v) is 6.05. The minimum atomic E-state index is -0.457. The summed E-state index contributed by atoms with van der Waals surface area (Å²) >= 11 is 0. The van der Waals surface area contributed by atoms with Crippen molar-refractivity contribution in [3.05, 3.63) is 36.1 Å². The molecule has 1 aromatic heterocycles. The molecule has 1 heterocycles. The van der Waals surface area contributed by atoms with Gasteiger partial charge in [0.2, 0.25) is 5.91 Å². The number of nitrogens with zero attached hydrogens (tertiary/aromatic N) is 1. The van der Waals surface area contributed by atoms with E-state index < -0.39 is 6.04 Å². The van der Waals surface area contributed by atoms with E-state index in [1.807, 2.05) is 37.3 Å². The molecule has 2 aromatic rings. The van der Waals surface area contributed by atoms with Gasteiger partial charge in [-0.05, 0) is 31.4 Å². The highest BCUT2D eigenvalue weighted by molar-refractivity contribution is 5.82. The van der Waals surface area contributed by atoms with Gasteiger partial charge in [0.1, 0.15) is 11.3 Å². The molecule has 4 nitrogen and oxygen atoms in total. The van der Waals surface area contributed by atoms with E-state index in [9.17, 15) is 4.79 Å². The molecule has 21 heavy (non-hydrogen) atoms. The third-order valence-electron chi connectivity index (χ3n) is 3.83. The molecule has 1 unspecified atom stereocenters. The molecule has 1 amide bonds. The van der Waals surface area contributed by atoms with Gasteiger partial charge in [-0.25, -0.2) is 0 Å². The first kappa shape index (κ1) is 15.6. The molecule has 2 rings (SSSR count). The van der Waals surface area contributed by atoms with Crippen LogP contribution in [0.25, 0.3) is 11.0 Å². The summed E-state index contributed by atoms with van der Waals surface area (Å²) < 4.78 is 5.83. The quantitative estimate of drug-likeness (QED) is 0.918. The van der Waals surface area contributed by atoms with Gasteiger partial charge in [0.25, 0.3) is 0 Å². The molecule has 0 radical (unpaired) electrons. The molecule has 0 bridgehead atoms. The number of carbonyl (C=O) groups is 1. The highest BCUT2D eigenvalue weighted by Crippen LogP contribution is 2.27. The highest BCUT2D eigenvalue weighted by Gasteiger charge is 2.25. The van der Waals surface area contributed by atoms with Crippen LogP contribution in [0.2, 0.25) is 0 Å². The van der Waals surface area contributed by atoms with Crippen LogP contribution in [0.5, 0.6) is 0 Å². The Morgan fingerprint density at radius 3 is 2.57 bits per heavy atom. The lowest BCUT2D eigenvalue weighted by atomic mass is 10.0. The van der Waals surface area contributed by atoms with Crippen molar-refractivity contribution >= 4 is 16.9 Å². The number of furan rings is 1. The fourth-order valence-electron chi connectivity index (χ4n) is 2.46. The molecular formula is C17H24N2O2. The Morgan fingerprint density at radius 2 is 1.95 bits per heavy atom. The maximum absolute atomic E-state index is 12.4. The summed E-state index contributed by atoms with van der Waals surface area (Å²) in [5, 5.41) is 1.05. The summed E-state index contributed by atoms with van der Waals surface area (Å²) in [7, 11) is 1.78. The van der Waals surface area contributed by atoms with Gasteiger partial charge >= 0.3 is 0 Å². The third kappa shape index (κ3) is 3.45. The van der Waals surface area contributed by atoms with Gasteiger partial charge in [0.15, 0.2) is 0 Å². The van der Waals surface area contributed by atoms with Gasteiger partial charge < -0.3 is 15.1 Å². The minimum absolute atomic E-state index is 0.0448. The Labute approximate surface area is 125 Å². The normalized spacial score (nSPS) is 14.4. The fraction of sp³-hybridized carbons (Fsp3) is 0.471. The number of hydrogen-bond donors (Lipinski definition) is 1. The van der Waals surface area contributed by atoms with Crippen LogP contribution in [-0.4, -0.2) is 23.9 Å². The molecule has 0 fully saturated rings. The van der Waals surface area contributed by atoms with E-state index in [-0.39, 0.29) is 11.9 Å². The van der Waals surface area contributed by atoms with Gasteiger partial charge in [-0.1, -0.05) is 32.0 Å². The van der Waals surface area contributed by atoms with Crippen LogP contribution in [0.1, 0.15) is 39.0 Å². The maximum atomic E-state index is 12.4. The number of hydrogen-bond acceptors (Lipinski definition) is 3. The highest BCUT2D eigenvalue weighted by atomic mass is 16.3. The Bertz CT molecular complexity index is 585. The number of rotatable bonds is 5. The zero-order chi connectivity index (χ0) is 15.6. The van der Waals surface area contributed by atoms with Gasteiger partial charge in [0, 0.05) is 12.4 Å². The van der Waals surface area contributed by atoms with E-state index >= 15 is 0 Å². The molecule has 2 atom stereocenters. The second-order valence-electron chi connectivity index (χ2n) is 6.05. The molecule has 114 valence electrons. The number of likely N-dealkylation sites (N-methyl/N-ethyl adjacent to an activating group) is 1. The van der Waals surface area contributed by atoms with Gasteiger partial charge in [-0.15, -0.1) is 0 Å². The van der Waals surface area contributed by atoms with E-state index in [1.165, 1.54) is 0 Å². The summed E-state index contributed by atoms with van der Waals surface area (Å²) in [5.41, 5.74) is 6.83. The number of fused-ring (bicyclic) bond motifs is 1. The van der Waals surface area contributed by atoms with E-state index in [4.69, 9.17) is 10.2 Å². The van der Waals surface area contributed by atoms with Crippen molar-refractivity contribution in [1.82, 2.24) is 4.90 Å². The summed E-state index contributed by atoms with van der Waals surface area (Å²) in [4.78, 5) is 14.0. The smallest absolute Gasteiger partial charge is 0.239 e. The molecular weight excluding hydrogens is 264 g/mol. The number of amides is 1. The summed E-state index contributed by atoms with van der Waals surface area (Å²) in [6.07, 6.45) is 0.690. The largest absolute Gasteiger partial charge is 0.459 e. The first-order valence-corrected chi connectivity index (χ1v) is 7.41. The predicted octanol–water partition coefficient (Wildman–Crippen LogP) is 3.33. The van der Waals surface area contributed by atoms with E-state index in [2.05, 4.69) is 13.8 Å². The zero-order valence-electron chi connectivity index (χ0n) is 13.2. The SMILES string of the molecule is CC(C)C[C@H](N)C(=O)N(C)C(C)c1cc2ccccc2o1. The molecule has 0 saturated heterocycles. The number of nitrogens with two attached hydrogens (primary N) is 1. The van der Waals surface area contributed by atoms with Crippen molar-refractivity contribution in [3.63, 3.8) is 0 Å². The molecule has 2 N–H and O–H groups in total. The average Bonchev–Trinajstić information content (AvgIpc) is 2.87. The molecule has 0 aliphatic rings.